The van der Waals surface area contributed by atoms with Gasteiger partial charge in [-0.25, -0.2) is 0 Å². The van der Waals surface area contributed by atoms with Crippen molar-refractivity contribution in [2.24, 2.45) is 10.4 Å². The lowest BCUT2D eigenvalue weighted by molar-refractivity contribution is -0.135. The van der Waals surface area contributed by atoms with Gasteiger partial charge in [0.05, 0.1) is 0 Å². The van der Waals surface area contributed by atoms with Crippen LogP contribution in [0.3, 0.4) is 0 Å². The van der Waals surface area contributed by atoms with Crippen molar-refractivity contribution in [3.8, 4) is 0 Å². The van der Waals surface area contributed by atoms with Crippen molar-refractivity contribution in [2.45, 2.75) is 20.3 Å². The Balaban J connectivity index is 2.52. The number of amides is 2. The standard InChI is InChI=1S/C9H15N3O3/c1-9(2,3-4-13)5-10-8-11-6(14)7(15)12-8/h13H,3-5H2,1-2H3,(H2,10,11,12,14,15). The van der Waals surface area contributed by atoms with E-state index in [-0.39, 0.29) is 18.0 Å². The van der Waals surface area contributed by atoms with Gasteiger partial charge in [0.2, 0.25) is 5.96 Å². The lowest BCUT2D eigenvalue weighted by Gasteiger charge is -2.20. The lowest BCUT2D eigenvalue weighted by atomic mass is 9.90. The van der Waals surface area contributed by atoms with Gasteiger partial charge in [-0.2, -0.15) is 0 Å². The Labute approximate surface area is 87.8 Å². The minimum atomic E-state index is -0.686. The van der Waals surface area contributed by atoms with Gasteiger partial charge in [0.1, 0.15) is 0 Å². The molecule has 3 N–H and O–H groups in total. The maximum Gasteiger partial charge on any atom is 0.316 e. The van der Waals surface area contributed by atoms with E-state index in [0.717, 1.165) is 0 Å². The van der Waals surface area contributed by atoms with Crippen molar-refractivity contribution in [2.75, 3.05) is 13.2 Å². The van der Waals surface area contributed by atoms with Crippen LogP contribution in [-0.4, -0.2) is 36.0 Å². The minimum Gasteiger partial charge on any atom is -0.396 e. The number of guanidine groups is 1. The summed E-state index contributed by atoms with van der Waals surface area (Å²) < 4.78 is 0. The highest BCUT2D eigenvalue weighted by Crippen LogP contribution is 2.19. The predicted molar refractivity (Wildman–Crippen MR) is 54.1 cm³/mol. The smallest absolute Gasteiger partial charge is 0.316 e. The van der Waals surface area contributed by atoms with Crippen molar-refractivity contribution in [3.05, 3.63) is 0 Å². The first-order valence-electron chi connectivity index (χ1n) is 4.72. The molecule has 0 aliphatic carbocycles. The highest BCUT2D eigenvalue weighted by molar-refractivity contribution is 6.45. The number of nitrogens with one attached hydrogen (secondary N) is 2. The summed E-state index contributed by atoms with van der Waals surface area (Å²) in [6.07, 6.45) is 0.617. The molecule has 1 rings (SSSR count). The van der Waals surface area contributed by atoms with Crippen LogP contribution in [0.5, 0.6) is 0 Å². The zero-order valence-corrected chi connectivity index (χ0v) is 8.83. The van der Waals surface area contributed by atoms with Gasteiger partial charge in [0.15, 0.2) is 0 Å². The summed E-state index contributed by atoms with van der Waals surface area (Å²) >= 11 is 0. The molecule has 0 aromatic rings. The number of carbonyl (C=O) groups is 2. The maximum absolute atomic E-state index is 10.8. The van der Waals surface area contributed by atoms with E-state index >= 15 is 0 Å². The van der Waals surface area contributed by atoms with Crippen LogP contribution < -0.4 is 10.6 Å². The van der Waals surface area contributed by atoms with E-state index in [2.05, 4.69) is 15.6 Å². The Bertz CT molecular complexity index is 292. The summed E-state index contributed by atoms with van der Waals surface area (Å²) in [7, 11) is 0. The van der Waals surface area contributed by atoms with Crippen LogP contribution in [0.25, 0.3) is 0 Å². The first kappa shape index (κ1) is 11.6. The van der Waals surface area contributed by atoms with E-state index in [4.69, 9.17) is 5.11 Å². The molecule has 0 spiro atoms. The van der Waals surface area contributed by atoms with E-state index in [0.29, 0.717) is 13.0 Å². The molecule has 6 nitrogen and oxygen atoms in total. The molecule has 1 aliphatic heterocycles. The number of aliphatic imine (C=N–C) groups is 1. The molecular weight excluding hydrogens is 198 g/mol. The molecular formula is C9H15N3O3. The molecule has 2 amide bonds. The maximum atomic E-state index is 10.8. The summed E-state index contributed by atoms with van der Waals surface area (Å²) in [6.45, 7) is 4.43. The van der Waals surface area contributed by atoms with Crippen LogP contribution in [0.15, 0.2) is 4.99 Å². The van der Waals surface area contributed by atoms with Crippen molar-refractivity contribution >= 4 is 17.8 Å². The summed E-state index contributed by atoms with van der Waals surface area (Å²) in [5, 5.41) is 13.4. The van der Waals surface area contributed by atoms with E-state index in [1.54, 1.807) is 0 Å². The number of rotatable bonds is 4. The highest BCUT2D eigenvalue weighted by Gasteiger charge is 2.26. The second kappa shape index (κ2) is 4.39. The molecule has 0 bridgehead atoms. The zero-order chi connectivity index (χ0) is 11.5. The molecule has 84 valence electrons. The molecule has 1 fully saturated rings. The first-order chi connectivity index (χ1) is 6.94. The molecule has 6 heteroatoms. The summed E-state index contributed by atoms with van der Waals surface area (Å²) in [6, 6.07) is 0. The normalized spacial score (nSPS) is 16.3. The molecule has 0 radical (unpaired) electrons. The van der Waals surface area contributed by atoms with Gasteiger partial charge in [-0.1, -0.05) is 13.8 Å². The van der Waals surface area contributed by atoms with Crippen LogP contribution >= 0.6 is 0 Å². The van der Waals surface area contributed by atoms with E-state index < -0.39 is 11.8 Å². The summed E-state index contributed by atoms with van der Waals surface area (Å²) in [5.41, 5.74) is -0.153. The number of aliphatic hydroxyl groups excluding tert-OH is 1. The number of hydrogen-bond acceptors (Lipinski definition) is 4. The molecule has 15 heavy (non-hydrogen) atoms. The molecule has 0 unspecified atom stereocenters. The van der Waals surface area contributed by atoms with Gasteiger partial charge in [-0.3, -0.25) is 25.2 Å². The van der Waals surface area contributed by atoms with E-state index in [1.165, 1.54) is 0 Å². The molecule has 0 aromatic heterocycles. The molecule has 0 saturated carbocycles. The third-order valence-corrected chi connectivity index (χ3v) is 2.12. The number of carbonyl (C=O) groups excluding carboxylic acids is 2. The average Bonchev–Trinajstić information content (AvgIpc) is 2.44. The molecule has 1 saturated heterocycles. The second-order valence-electron chi connectivity index (χ2n) is 4.21. The Morgan fingerprint density at radius 1 is 1.27 bits per heavy atom. The Morgan fingerprint density at radius 2 is 1.80 bits per heavy atom. The molecule has 0 aromatic carbocycles. The number of hydrogen-bond donors (Lipinski definition) is 3. The van der Waals surface area contributed by atoms with Crippen LogP contribution in [0.1, 0.15) is 20.3 Å². The minimum absolute atomic E-state index is 0.0938. The Morgan fingerprint density at radius 3 is 2.27 bits per heavy atom. The zero-order valence-electron chi connectivity index (χ0n) is 8.83. The van der Waals surface area contributed by atoms with Gasteiger partial charge >= 0.3 is 11.8 Å². The summed E-state index contributed by atoms with van der Waals surface area (Å²) in [5.74, 6) is -1.18. The van der Waals surface area contributed by atoms with Crippen LogP contribution in [-0.2, 0) is 9.59 Å². The fourth-order valence-electron chi connectivity index (χ4n) is 1.11. The number of nitrogens with zero attached hydrogens (tertiary/aromatic N) is 1. The fraction of sp³-hybridized carbons (Fsp3) is 0.667. The quantitative estimate of drug-likeness (QED) is 0.523. The lowest BCUT2D eigenvalue weighted by Crippen LogP contribution is -2.28. The van der Waals surface area contributed by atoms with Gasteiger partial charge in [-0.05, 0) is 11.8 Å². The average molecular weight is 213 g/mol. The SMILES string of the molecule is CC(C)(CCO)CN=C1NC(=O)C(=O)N1. The second-order valence-corrected chi connectivity index (χ2v) is 4.21. The number of aliphatic hydroxyl groups is 1. The fourth-order valence-corrected chi connectivity index (χ4v) is 1.11. The van der Waals surface area contributed by atoms with Gasteiger partial charge < -0.3 is 5.11 Å². The monoisotopic (exact) mass is 213 g/mol. The van der Waals surface area contributed by atoms with E-state index in [1.807, 2.05) is 13.8 Å². The van der Waals surface area contributed by atoms with Gasteiger partial charge in [0, 0.05) is 13.2 Å². The molecule has 0 atom stereocenters. The first-order valence-corrected chi connectivity index (χ1v) is 4.72. The Hall–Kier alpha value is -1.43. The van der Waals surface area contributed by atoms with Crippen molar-refractivity contribution in [1.82, 2.24) is 10.6 Å². The topological polar surface area (TPSA) is 90.8 Å². The predicted octanol–water partition coefficient (Wildman–Crippen LogP) is -1.00. The third-order valence-electron chi connectivity index (χ3n) is 2.12. The third kappa shape index (κ3) is 3.32. The Kier molecular flexibility index (Phi) is 3.41. The van der Waals surface area contributed by atoms with Crippen LogP contribution in [0.4, 0.5) is 0 Å². The van der Waals surface area contributed by atoms with E-state index in [9.17, 15) is 9.59 Å². The van der Waals surface area contributed by atoms with Crippen molar-refractivity contribution in [3.63, 3.8) is 0 Å². The highest BCUT2D eigenvalue weighted by atomic mass is 16.3. The molecule has 1 aliphatic rings. The van der Waals surface area contributed by atoms with Gasteiger partial charge in [-0.15, -0.1) is 0 Å². The van der Waals surface area contributed by atoms with Crippen LogP contribution in [0, 0.1) is 5.41 Å². The summed E-state index contributed by atoms with van der Waals surface area (Å²) in [4.78, 5) is 25.6. The van der Waals surface area contributed by atoms with Crippen LogP contribution in [0.2, 0.25) is 0 Å². The largest absolute Gasteiger partial charge is 0.396 e. The van der Waals surface area contributed by atoms with Gasteiger partial charge in [0.25, 0.3) is 0 Å². The molecule has 1 heterocycles. The van der Waals surface area contributed by atoms with Crippen molar-refractivity contribution < 1.29 is 14.7 Å². The van der Waals surface area contributed by atoms with Crippen molar-refractivity contribution in [1.29, 1.82) is 0 Å².